The number of hydrogen-bond acceptors (Lipinski definition) is 5. The van der Waals surface area contributed by atoms with E-state index in [0.717, 1.165) is 11.1 Å². The number of methoxy groups -OCH3 is 1. The number of carbonyl (C=O) groups is 1. The van der Waals surface area contributed by atoms with Gasteiger partial charge in [-0.2, -0.15) is 0 Å². The second kappa shape index (κ2) is 5.27. The number of aromatic hydroxyl groups is 1. The molecule has 0 radical (unpaired) electrons. The van der Waals surface area contributed by atoms with Crippen LogP contribution in [0, 0.1) is 0 Å². The van der Waals surface area contributed by atoms with Gasteiger partial charge in [0.1, 0.15) is 6.04 Å². The van der Waals surface area contributed by atoms with Gasteiger partial charge in [-0.15, -0.1) is 0 Å². The van der Waals surface area contributed by atoms with Crippen molar-refractivity contribution in [2.45, 2.75) is 25.9 Å². The predicted octanol–water partition coefficient (Wildman–Crippen LogP) is 0.978. The molecule has 1 aliphatic rings. The molecule has 0 bridgehead atoms. The Morgan fingerprint density at radius 1 is 1.50 bits per heavy atom. The molecule has 0 spiro atoms. The first-order chi connectivity index (χ1) is 8.65. The van der Waals surface area contributed by atoms with Crippen molar-refractivity contribution in [3.63, 3.8) is 0 Å². The molecule has 0 saturated carbocycles. The lowest BCUT2D eigenvalue weighted by molar-refractivity contribution is -0.145. The molecule has 2 rings (SSSR count). The third-order valence-corrected chi connectivity index (χ3v) is 3.04. The molecule has 1 heterocycles. The highest BCUT2D eigenvalue weighted by molar-refractivity contribution is 5.76. The highest BCUT2D eigenvalue weighted by atomic mass is 16.5. The Balaban J connectivity index is 2.20. The van der Waals surface area contributed by atoms with E-state index < -0.39 is 0 Å². The molecule has 2 N–H and O–H groups in total. The van der Waals surface area contributed by atoms with E-state index in [1.54, 1.807) is 19.1 Å². The topological polar surface area (TPSA) is 67.8 Å². The monoisotopic (exact) mass is 251 g/mol. The van der Waals surface area contributed by atoms with Crippen LogP contribution >= 0.6 is 0 Å². The molecule has 1 aromatic carbocycles. The molecule has 0 saturated heterocycles. The normalized spacial score (nSPS) is 18.0. The third-order valence-electron chi connectivity index (χ3n) is 3.04. The maximum Gasteiger partial charge on any atom is 0.323 e. The molecule has 0 unspecified atom stereocenters. The van der Waals surface area contributed by atoms with Crippen LogP contribution in [0.3, 0.4) is 0 Å². The summed E-state index contributed by atoms with van der Waals surface area (Å²) in [6.45, 7) is 2.70. The van der Waals surface area contributed by atoms with Crippen LogP contribution in [-0.2, 0) is 22.5 Å². The highest BCUT2D eigenvalue weighted by Gasteiger charge is 2.26. The molecular weight excluding hydrogens is 234 g/mol. The first-order valence-corrected chi connectivity index (χ1v) is 5.94. The van der Waals surface area contributed by atoms with Crippen LogP contribution < -0.4 is 10.1 Å². The van der Waals surface area contributed by atoms with E-state index in [0.29, 0.717) is 25.3 Å². The van der Waals surface area contributed by atoms with Gasteiger partial charge in [-0.25, -0.2) is 0 Å². The maximum atomic E-state index is 11.7. The number of benzene rings is 1. The zero-order valence-electron chi connectivity index (χ0n) is 10.5. The summed E-state index contributed by atoms with van der Waals surface area (Å²) >= 11 is 0. The van der Waals surface area contributed by atoms with Crippen LogP contribution in [0.5, 0.6) is 11.5 Å². The second-order valence-corrected chi connectivity index (χ2v) is 4.18. The van der Waals surface area contributed by atoms with Crippen molar-refractivity contribution in [2.75, 3.05) is 13.7 Å². The van der Waals surface area contributed by atoms with E-state index in [1.807, 2.05) is 0 Å². The molecule has 5 nitrogen and oxygen atoms in total. The molecule has 1 aliphatic heterocycles. The molecule has 0 amide bonds. The number of fused-ring (bicyclic) bond motifs is 1. The second-order valence-electron chi connectivity index (χ2n) is 4.18. The van der Waals surface area contributed by atoms with Crippen LogP contribution in [0.15, 0.2) is 12.1 Å². The summed E-state index contributed by atoms with van der Waals surface area (Å²) < 4.78 is 10.1. The van der Waals surface area contributed by atoms with Crippen molar-refractivity contribution in [1.29, 1.82) is 0 Å². The average Bonchev–Trinajstić information content (AvgIpc) is 2.37. The van der Waals surface area contributed by atoms with Gasteiger partial charge in [-0.1, -0.05) is 0 Å². The van der Waals surface area contributed by atoms with E-state index in [-0.39, 0.29) is 17.8 Å². The smallest absolute Gasteiger partial charge is 0.323 e. The number of phenolic OH excluding ortho intramolecular Hbond substituents is 1. The number of nitrogens with one attached hydrogen (secondary N) is 1. The highest BCUT2D eigenvalue weighted by Crippen LogP contribution is 2.31. The number of hydrogen-bond donors (Lipinski definition) is 2. The molecule has 98 valence electrons. The Hall–Kier alpha value is -1.75. The summed E-state index contributed by atoms with van der Waals surface area (Å²) in [5, 5.41) is 12.8. The Labute approximate surface area is 106 Å². The number of ether oxygens (including phenoxy) is 2. The fourth-order valence-corrected chi connectivity index (χ4v) is 2.11. The summed E-state index contributed by atoms with van der Waals surface area (Å²) in [7, 11) is 1.51. The van der Waals surface area contributed by atoms with Crippen molar-refractivity contribution < 1.29 is 19.4 Å². The van der Waals surface area contributed by atoms with Gasteiger partial charge in [0.2, 0.25) is 0 Å². The van der Waals surface area contributed by atoms with Crippen LogP contribution in [0.1, 0.15) is 18.1 Å². The van der Waals surface area contributed by atoms with Gasteiger partial charge in [0.15, 0.2) is 11.5 Å². The Morgan fingerprint density at radius 2 is 2.28 bits per heavy atom. The van der Waals surface area contributed by atoms with Gasteiger partial charge < -0.3 is 19.9 Å². The van der Waals surface area contributed by atoms with Crippen LogP contribution in [0.4, 0.5) is 0 Å². The van der Waals surface area contributed by atoms with Gasteiger partial charge in [0, 0.05) is 6.54 Å². The van der Waals surface area contributed by atoms with Gasteiger partial charge in [-0.3, -0.25) is 4.79 Å². The fourth-order valence-electron chi connectivity index (χ4n) is 2.11. The molecule has 1 atom stereocenters. The Kier molecular flexibility index (Phi) is 3.72. The zero-order valence-corrected chi connectivity index (χ0v) is 10.5. The number of esters is 1. The van der Waals surface area contributed by atoms with E-state index >= 15 is 0 Å². The lowest BCUT2D eigenvalue weighted by atomic mass is 9.95. The van der Waals surface area contributed by atoms with E-state index in [9.17, 15) is 9.90 Å². The molecule has 18 heavy (non-hydrogen) atoms. The third kappa shape index (κ3) is 2.41. The van der Waals surface area contributed by atoms with E-state index in [4.69, 9.17) is 9.47 Å². The van der Waals surface area contributed by atoms with Crippen molar-refractivity contribution in [1.82, 2.24) is 5.32 Å². The Morgan fingerprint density at radius 3 is 2.94 bits per heavy atom. The lowest BCUT2D eigenvalue weighted by Gasteiger charge is -2.25. The van der Waals surface area contributed by atoms with Crippen molar-refractivity contribution >= 4 is 5.97 Å². The fraction of sp³-hybridized carbons (Fsp3) is 0.462. The van der Waals surface area contributed by atoms with Crippen LogP contribution in [0.25, 0.3) is 0 Å². The standard InChI is InChI=1S/C13H17NO4/c1-3-18-13(16)10-4-8-6-12(17-2)11(15)5-9(8)7-14-10/h5-6,10,14-15H,3-4,7H2,1-2H3/t10-/m1/s1. The summed E-state index contributed by atoms with van der Waals surface area (Å²) in [6.07, 6.45) is 0.546. The molecular formula is C13H17NO4. The van der Waals surface area contributed by atoms with Crippen molar-refractivity contribution in [2.24, 2.45) is 0 Å². The van der Waals surface area contributed by atoms with E-state index in [2.05, 4.69) is 5.32 Å². The van der Waals surface area contributed by atoms with Gasteiger partial charge in [-0.05, 0) is 36.6 Å². The molecule has 0 aliphatic carbocycles. The molecule has 5 heteroatoms. The summed E-state index contributed by atoms with van der Waals surface area (Å²) in [4.78, 5) is 11.7. The Bertz CT molecular complexity index is 459. The molecule has 0 fully saturated rings. The van der Waals surface area contributed by atoms with Crippen molar-refractivity contribution in [3.8, 4) is 11.5 Å². The maximum absolute atomic E-state index is 11.7. The predicted molar refractivity (Wildman–Crippen MR) is 65.6 cm³/mol. The largest absolute Gasteiger partial charge is 0.504 e. The minimum Gasteiger partial charge on any atom is -0.504 e. The summed E-state index contributed by atoms with van der Waals surface area (Å²) in [6, 6.07) is 3.12. The number of rotatable bonds is 3. The summed E-state index contributed by atoms with van der Waals surface area (Å²) in [5.41, 5.74) is 1.98. The SMILES string of the molecule is CCOC(=O)[C@H]1Cc2cc(OC)c(O)cc2CN1. The number of carbonyl (C=O) groups excluding carboxylic acids is 1. The van der Waals surface area contributed by atoms with Gasteiger partial charge in [0.25, 0.3) is 0 Å². The van der Waals surface area contributed by atoms with Gasteiger partial charge in [0.05, 0.1) is 13.7 Å². The van der Waals surface area contributed by atoms with Gasteiger partial charge >= 0.3 is 5.97 Å². The number of phenols is 1. The average molecular weight is 251 g/mol. The zero-order chi connectivity index (χ0) is 13.1. The van der Waals surface area contributed by atoms with E-state index in [1.165, 1.54) is 7.11 Å². The molecule has 1 aromatic rings. The van der Waals surface area contributed by atoms with Crippen LogP contribution in [-0.4, -0.2) is 30.8 Å². The molecule has 0 aromatic heterocycles. The van der Waals surface area contributed by atoms with Crippen molar-refractivity contribution in [3.05, 3.63) is 23.3 Å². The first-order valence-electron chi connectivity index (χ1n) is 5.94. The first kappa shape index (κ1) is 12.7. The summed E-state index contributed by atoms with van der Waals surface area (Å²) in [5.74, 6) is 0.307. The minimum absolute atomic E-state index is 0.118. The lowest BCUT2D eigenvalue weighted by Crippen LogP contribution is -2.42. The van der Waals surface area contributed by atoms with Crippen LogP contribution in [0.2, 0.25) is 0 Å². The quantitative estimate of drug-likeness (QED) is 0.784. The minimum atomic E-state index is -0.327.